The molecule has 0 atom stereocenters. The highest BCUT2D eigenvalue weighted by Crippen LogP contribution is 2.36. The van der Waals surface area contributed by atoms with E-state index in [9.17, 15) is 29.4 Å². The molecule has 16 nitrogen and oxygen atoms in total. The normalized spacial score (nSPS) is 10.6. The molecule has 0 unspecified atom stereocenters. The lowest BCUT2D eigenvalue weighted by Crippen LogP contribution is -2.11. The number of aromatic hydroxyl groups is 2. The highest BCUT2D eigenvalue weighted by molar-refractivity contribution is 6.01. The van der Waals surface area contributed by atoms with Crippen LogP contribution in [0.4, 0.5) is 0 Å². The number of benzene rings is 9. The zero-order valence-corrected chi connectivity index (χ0v) is 66.0. The third-order valence-electron chi connectivity index (χ3n) is 18.2. The van der Waals surface area contributed by atoms with E-state index in [0.29, 0.717) is 133 Å². The topological polar surface area (TPSA) is 201 Å². The SMILES string of the molecule is C=CCOc1ccc(CCC(=O)c2ccc(C)c(C)c2OC)c(OCC=C)c1.COc1c(C(=O)CCc2ccc(C)cc2OCc2ccccc2)ccc(C)c1C.COc1c(C(=O)CCc2ccc(OC(C)C)cc2OC(C)C)ccc(C)c1C.COc1ccc(C(=O)CCc2ccc(O)cc2O)c(OC)c1C. The summed E-state index contributed by atoms with van der Waals surface area (Å²) in [5.74, 6) is 7.04. The molecule has 9 aromatic carbocycles. The number of aryl methyl sites for hydroxylation is 8. The molecule has 0 aliphatic rings. The van der Waals surface area contributed by atoms with Gasteiger partial charge in [-0.1, -0.05) is 104 Å². The number of Topliss-reactive ketones (excluding diaryl/α,β-unsaturated/α-hetero) is 4. The van der Waals surface area contributed by atoms with Crippen LogP contribution in [0.5, 0.6) is 69.0 Å². The molecule has 0 aliphatic carbocycles. The Bertz CT molecular complexity index is 4530. The van der Waals surface area contributed by atoms with Gasteiger partial charge in [0.2, 0.25) is 0 Å². The van der Waals surface area contributed by atoms with Crippen molar-refractivity contribution in [1.82, 2.24) is 0 Å². The summed E-state index contributed by atoms with van der Waals surface area (Å²) in [6.07, 6.45) is 7.04. The number of hydrogen-bond acceptors (Lipinski definition) is 16. The standard InChI is InChI=1S/C26H28O3.C24H32O4.C24H28O4.C18H20O5/c1-18-10-12-22(25(16-18)29-17-21-8-6-5-7-9-21)13-15-24(27)23-14-11-19(2)20(3)26(23)28-4;1-15(2)27-20-11-9-19(23(14-20)28-16(3)4)10-13-22(25)21-12-8-17(5)18(6)24(21)26-7;1-6-14-27-20-11-9-19(23(16-20)28-15-7-2)10-13-22(25)21-12-8-17(3)18(4)24(21)26-5;1-11-17(22-2)9-7-14(18(11)23-3)15(20)8-5-12-4-6-13(19)10-16(12)21/h5-12,14,16H,13,15,17H2,1-4H3;8-9,11-12,14-16H,10,13H2,1-7H3;6-9,11-12,16H,1-2,10,13-15H2,3-5H3;4,6-7,9-10,19,21H,5,8H2,1-3H3. The summed E-state index contributed by atoms with van der Waals surface area (Å²) < 4.78 is 56.2. The minimum atomic E-state index is -0.0833. The molecular formula is C92H108O16. The molecule has 108 heavy (non-hydrogen) atoms. The molecule has 0 amide bonds. The van der Waals surface area contributed by atoms with Crippen LogP contribution < -0.4 is 47.4 Å². The van der Waals surface area contributed by atoms with E-state index in [4.69, 9.17) is 47.4 Å². The predicted molar refractivity (Wildman–Crippen MR) is 430 cm³/mol. The van der Waals surface area contributed by atoms with Crippen LogP contribution >= 0.6 is 0 Å². The first-order valence-electron chi connectivity index (χ1n) is 36.3. The van der Waals surface area contributed by atoms with E-state index in [1.807, 2.05) is 192 Å². The second kappa shape index (κ2) is 42.8. The van der Waals surface area contributed by atoms with Crippen LogP contribution in [0.3, 0.4) is 0 Å². The van der Waals surface area contributed by atoms with Crippen LogP contribution in [0.25, 0.3) is 0 Å². The van der Waals surface area contributed by atoms with Crippen molar-refractivity contribution < 1.29 is 76.8 Å². The lowest BCUT2D eigenvalue weighted by atomic mass is 9.97. The fourth-order valence-electron chi connectivity index (χ4n) is 11.9. The summed E-state index contributed by atoms with van der Waals surface area (Å²) in [4.78, 5) is 51.1. The zero-order valence-electron chi connectivity index (χ0n) is 66.0. The van der Waals surface area contributed by atoms with E-state index < -0.39 is 0 Å². The maximum absolute atomic E-state index is 12.9. The number of phenols is 2. The molecule has 0 bridgehead atoms. The summed E-state index contributed by atoms with van der Waals surface area (Å²) in [6, 6.07) is 47.0. The first kappa shape index (κ1) is 85.7. The number of ether oxygens (including phenoxy) is 10. The summed E-state index contributed by atoms with van der Waals surface area (Å²) in [5, 5.41) is 19.1. The van der Waals surface area contributed by atoms with Gasteiger partial charge in [-0.15, -0.1) is 0 Å². The predicted octanol–water partition coefficient (Wildman–Crippen LogP) is 20.2. The van der Waals surface area contributed by atoms with E-state index in [1.54, 1.807) is 58.8 Å². The highest BCUT2D eigenvalue weighted by Gasteiger charge is 2.23. The zero-order chi connectivity index (χ0) is 79.1. The number of carbonyl (C=O) groups is 4. The fourth-order valence-corrected chi connectivity index (χ4v) is 11.9. The van der Waals surface area contributed by atoms with Crippen molar-refractivity contribution in [2.45, 2.75) is 153 Å². The highest BCUT2D eigenvalue weighted by atomic mass is 16.5. The number of rotatable bonds is 34. The largest absolute Gasteiger partial charge is 0.508 e. The summed E-state index contributed by atoms with van der Waals surface area (Å²) in [6.45, 7) is 32.5. The Morgan fingerprint density at radius 2 is 0.778 bits per heavy atom. The van der Waals surface area contributed by atoms with Gasteiger partial charge < -0.3 is 57.6 Å². The smallest absolute Gasteiger partial charge is 0.166 e. The number of methoxy groups -OCH3 is 5. The van der Waals surface area contributed by atoms with Crippen LogP contribution in [0.15, 0.2) is 177 Å². The Labute approximate surface area is 639 Å². The molecule has 0 heterocycles. The molecule has 0 saturated carbocycles. The summed E-state index contributed by atoms with van der Waals surface area (Å²) in [5.41, 5.74) is 15.4. The molecule has 0 radical (unpaired) electrons. The average Bonchev–Trinajstić information content (AvgIpc) is 0.826. The van der Waals surface area contributed by atoms with Crippen molar-refractivity contribution in [3.63, 3.8) is 0 Å². The molecule has 0 aliphatic heterocycles. The van der Waals surface area contributed by atoms with Gasteiger partial charge in [0.05, 0.1) is 70.0 Å². The van der Waals surface area contributed by atoms with Gasteiger partial charge in [-0.2, -0.15) is 0 Å². The Kier molecular flexibility index (Phi) is 33.9. The van der Waals surface area contributed by atoms with Crippen molar-refractivity contribution in [2.24, 2.45) is 0 Å². The van der Waals surface area contributed by atoms with Crippen molar-refractivity contribution in [3.05, 3.63) is 272 Å². The van der Waals surface area contributed by atoms with Crippen molar-refractivity contribution in [2.75, 3.05) is 48.8 Å². The summed E-state index contributed by atoms with van der Waals surface area (Å²) >= 11 is 0. The second-order valence-electron chi connectivity index (χ2n) is 26.7. The van der Waals surface area contributed by atoms with Crippen molar-refractivity contribution in [3.8, 4) is 69.0 Å². The van der Waals surface area contributed by atoms with E-state index in [-0.39, 0.29) is 53.3 Å². The van der Waals surface area contributed by atoms with Gasteiger partial charge in [0, 0.05) is 49.4 Å². The minimum Gasteiger partial charge on any atom is -0.508 e. The second-order valence-corrected chi connectivity index (χ2v) is 26.7. The Hall–Kier alpha value is -11.3. The van der Waals surface area contributed by atoms with Crippen molar-refractivity contribution in [1.29, 1.82) is 0 Å². The molecular weight excluding hydrogens is 1360 g/mol. The third-order valence-corrected chi connectivity index (χ3v) is 18.2. The van der Waals surface area contributed by atoms with Crippen molar-refractivity contribution >= 4 is 23.1 Å². The Balaban J connectivity index is 0.000000226. The van der Waals surface area contributed by atoms with Gasteiger partial charge in [-0.25, -0.2) is 0 Å². The van der Waals surface area contributed by atoms with E-state index in [1.165, 1.54) is 19.2 Å². The molecule has 0 saturated heterocycles. The minimum absolute atomic E-state index is 0.00924. The lowest BCUT2D eigenvalue weighted by molar-refractivity contribution is 0.0971. The molecule has 0 fully saturated rings. The average molecular weight is 1470 g/mol. The lowest BCUT2D eigenvalue weighted by Gasteiger charge is -2.17. The maximum Gasteiger partial charge on any atom is 0.166 e. The van der Waals surface area contributed by atoms with Crippen LogP contribution in [0.2, 0.25) is 0 Å². The van der Waals surface area contributed by atoms with Gasteiger partial charge in [0.15, 0.2) is 23.1 Å². The van der Waals surface area contributed by atoms with Gasteiger partial charge in [0.1, 0.15) is 88.8 Å². The monoisotopic (exact) mass is 1470 g/mol. The quantitative estimate of drug-likeness (QED) is 0.0285. The number of hydrogen-bond donors (Lipinski definition) is 2. The first-order valence-corrected chi connectivity index (χ1v) is 36.3. The fraction of sp³-hybridized carbons (Fsp3) is 0.326. The number of ketones is 4. The molecule has 572 valence electrons. The van der Waals surface area contributed by atoms with Crippen LogP contribution in [-0.2, 0) is 32.3 Å². The number of carbonyl (C=O) groups excluding carboxylic acids is 4. The molecule has 9 aromatic rings. The van der Waals surface area contributed by atoms with Gasteiger partial charge >= 0.3 is 0 Å². The van der Waals surface area contributed by atoms with Gasteiger partial charge in [0.25, 0.3) is 0 Å². The van der Waals surface area contributed by atoms with Crippen LogP contribution in [-0.4, -0.2) is 94.3 Å². The van der Waals surface area contributed by atoms with Crippen LogP contribution in [0, 0.1) is 55.4 Å². The molecule has 9 rings (SSSR count). The molecule has 0 aromatic heterocycles. The molecule has 16 heteroatoms. The van der Waals surface area contributed by atoms with E-state index in [0.717, 1.165) is 84.0 Å². The third kappa shape index (κ3) is 24.7. The van der Waals surface area contributed by atoms with Gasteiger partial charge in [-0.05, 0) is 230 Å². The van der Waals surface area contributed by atoms with E-state index in [2.05, 4.69) is 25.3 Å². The van der Waals surface area contributed by atoms with Crippen LogP contribution in [0.1, 0.15) is 167 Å². The Morgan fingerprint density at radius 3 is 1.22 bits per heavy atom. The van der Waals surface area contributed by atoms with E-state index >= 15 is 0 Å². The molecule has 2 N–H and O–H groups in total. The summed E-state index contributed by atoms with van der Waals surface area (Å²) in [7, 11) is 7.91. The molecule has 0 spiro atoms. The Morgan fingerprint density at radius 1 is 0.380 bits per heavy atom. The number of phenolic OH excluding ortho intramolecular Hbond substituents is 2. The maximum atomic E-state index is 12.9. The first-order chi connectivity index (χ1) is 51.7. The van der Waals surface area contributed by atoms with Gasteiger partial charge in [-0.3, -0.25) is 19.2 Å².